The van der Waals surface area contributed by atoms with Gasteiger partial charge in [0.15, 0.2) is 6.10 Å². The number of carbonyl (C=O) groups is 2. The summed E-state index contributed by atoms with van der Waals surface area (Å²) in [6.45, 7) is 1.41. The summed E-state index contributed by atoms with van der Waals surface area (Å²) in [6, 6.07) is 3.75. The average Bonchev–Trinajstić information content (AvgIpc) is 3.22. The highest BCUT2D eigenvalue weighted by Gasteiger charge is 2.29. The van der Waals surface area contributed by atoms with Crippen LogP contribution in [0.3, 0.4) is 0 Å². The lowest BCUT2D eigenvalue weighted by Crippen LogP contribution is -2.37. The minimum absolute atomic E-state index is 0.137. The van der Waals surface area contributed by atoms with E-state index in [9.17, 15) is 19.7 Å². The summed E-state index contributed by atoms with van der Waals surface area (Å²) >= 11 is 5.67. The lowest BCUT2D eigenvalue weighted by Gasteiger charge is -2.13. The van der Waals surface area contributed by atoms with E-state index in [-0.39, 0.29) is 16.6 Å². The molecule has 0 spiro atoms. The number of nitro groups is 1. The Kier molecular flexibility index (Phi) is 4.42. The smallest absolute Gasteiger partial charge is 0.345 e. The van der Waals surface area contributed by atoms with Crippen LogP contribution in [0, 0.1) is 10.1 Å². The first-order valence-corrected chi connectivity index (χ1v) is 6.71. The molecule has 0 aliphatic heterocycles. The fraction of sp³-hybridized carbons (Fsp3) is 0.385. The zero-order valence-corrected chi connectivity index (χ0v) is 11.9. The Morgan fingerprint density at radius 1 is 1.48 bits per heavy atom. The van der Waals surface area contributed by atoms with Gasteiger partial charge in [-0.3, -0.25) is 14.9 Å². The topological polar surface area (TPSA) is 98.5 Å². The first-order valence-electron chi connectivity index (χ1n) is 6.34. The molecule has 1 unspecified atom stereocenters. The van der Waals surface area contributed by atoms with Gasteiger partial charge in [-0.1, -0.05) is 11.6 Å². The van der Waals surface area contributed by atoms with Crippen molar-refractivity contribution in [3.63, 3.8) is 0 Å². The standard InChI is InChI=1S/C13H13ClN2O5/c1-7(12(17)15-9-3-4-9)21-13(18)10-5-2-8(14)6-11(10)16(19)20/h2,5-7,9H,3-4H2,1H3,(H,15,17). The summed E-state index contributed by atoms with van der Waals surface area (Å²) in [5.41, 5.74) is -0.697. The second-order valence-electron chi connectivity index (χ2n) is 4.75. The molecular formula is C13H13ClN2O5. The Bertz CT molecular complexity index is 600. The molecule has 1 aliphatic rings. The number of benzene rings is 1. The van der Waals surface area contributed by atoms with Gasteiger partial charge < -0.3 is 10.1 Å². The number of amides is 1. The molecule has 1 fully saturated rings. The molecule has 0 aromatic heterocycles. The van der Waals surface area contributed by atoms with Gasteiger partial charge in [0.1, 0.15) is 5.56 Å². The van der Waals surface area contributed by atoms with Crippen molar-refractivity contribution < 1.29 is 19.2 Å². The molecule has 8 heteroatoms. The predicted molar refractivity (Wildman–Crippen MR) is 74.1 cm³/mol. The third-order valence-corrected chi connectivity index (χ3v) is 3.19. The van der Waals surface area contributed by atoms with Crippen molar-refractivity contribution in [2.45, 2.75) is 31.9 Å². The van der Waals surface area contributed by atoms with Gasteiger partial charge in [-0.2, -0.15) is 0 Å². The average molecular weight is 313 g/mol. The van der Waals surface area contributed by atoms with E-state index in [1.807, 2.05) is 0 Å². The van der Waals surface area contributed by atoms with Crippen molar-refractivity contribution >= 4 is 29.2 Å². The van der Waals surface area contributed by atoms with E-state index in [0.717, 1.165) is 18.9 Å². The van der Waals surface area contributed by atoms with Crippen LogP contribution in [0.4, 0.5) is 5.69 Å². The highest BCUT2D eigenvalue weighted by atomic mass is 35.5. The van der Waals surface area contributed by atoms with E-state index < -0.39 is 28.6 Å². The van der Waals surface area contributed by atoms with E-state index in [1.165, 1.54) is 19.1 Å². The number of hydrogen-bond acceptors (Lipinski definition) is 5. The summed E-state index contributed by atoms with van der Waals surface area (Å²) in [4.78, 5) is 33.8. The van der Waals surface area contributed by atoms with Gasteiger partial charge >= 0.3 is 5.97 Å². The molecule has 1 atom stereocenters. The zero-order valence-electron chi connectivity index (χ0n) is 11.2. The van der Waals surface area contributed by atoms with Crippen LogP contribution >= 0.6 is 11.6 Å². The molecule has 0 bridgehead atoms. The second kappa shape index (κ2) is 6.09. The van der Waals surface area contributed by atoms with Crippen molar-refractivity contribution in [3.05, 3.63) is 38.9 Å². The molecule has 112 valence electrons. The second-order valence-corrected chi connectivity index (χ2v) is 5.19. The van der Waals surface area contributed by atoms with Crippen LogP contribution in [0.15, 0.2) is 18.2 Å². The number of nitro benzene ring substituents is 1. The lowest BCUT2D eigenvalue weighted by molar-refractivity contribution is -0.385. The highest BCUT2D eigenvalue weighted by Crippen LogP contribution is 2.24. The minimum Gasteiger partial charge on any atom is -0.449 e. The number of ether oxygens (including phenoxy) is 1. The highest BCUT2D eigenvalue weighted by molar-refractivity contribution is 6.31. The molecule has 1 N–H and O–H groups in total. The molecule has 0 radical (unpaired) electrons. The Balaban J connectivity index is 2.08. The molecule has 1 saturated carbocycles. The molecular weight excluding hydrogens is 300 g/mol. The molecule has 1 aromatic rings. The van der Waals surface area contributed by atoms with E-state index >= 15 is 0 Å². The quantitative estimate of drug-likeness (QED) is 0.510. The number of esters is 1. The maximum atomic E-state index is 11.9. The van der Waals surface area contributed by atoms with Crippen molar-refractivity contribution in [3.8, 4) is 0 Å². The van der Waals surface area contributed by atoms with E-state index in [2.05, 4.69) is 5.32 Å². The maximum absolute atomic E-state index is 11.9. The first kappa shape index (κ1) is 15.2. The monoisotopic (exact) mass is 312 g/mol. The maximum Gasteiger partial charge on any atom is 0.345 e. The van der Waals surface area contributed by atoms with Gasteiger partial charge in [0.25, 0.3) is 11.6 Å². The molecule has 21 heavy (non-hydrogen) atoms. The number of halogens is 1. The Morgan fingerprint density at radius 2 is 2.14 bits per heavy atom. The number of hydrogen-bond donors (Lipinski definition) is 1. The Hall–Kier alpha value is -2.15. The van der Waals surface area contributed by atoms with E-state index in [1.54, 1.807) is 0 Å². The summed E-state index contributed by atoms with van der Waals surface area (Å²) in [6.07, 6.45) is 0.804. The minimum atomic E-state index is -1.02. The van der Waals surface area contributed by atoms with Crippen molar-refractivity contribution in [1.82, 2.24) is 5.32 Å². The van der Waals surface area contributed by atoms with Crippen LogP contribution in [0.1, 0.15) is 30.1 Å². The van der Waals surface area contributed by atoms with Crippen LogP contribution in [-0.2, 0) is 9.53 Å². The molecule has 0 saturated heterocycles. The summed E-state index contributed by atoms with van der Waals surface area (Å²) < 4.78 is 4.96. The fourth-order valence-corrected chi connectivity index (χ4v) is 1.82. The van der Waals surface area contributed by atoms with Crippen LogP contribution in [-0.4, -0.2) is 28.9 Å². The number of rotatable bonds is 5. The largest absolute Gasteiger partial charge is 0.449 e. The summed E-state index contributed by atoms with van der Waals surface area (Å²) in [7, 11) is 0. The van der Waals surface area contributed by atoms with Crippen molar-refractivity contribution in [1.29, 1.82) is 0 Å². The van der Waals surface area contributed by atoms with E-state index in [4.69, 9.17) is 16.3 Å². The molecule has 2 rings (SSSR count). The third kappa shape index (κ3) is 3.91. The Morgan fingerprint density at radius 3 is 2.71 bits per heavy atom. The first-order chi connectivity index (χ1) is 9.88. The predicted octanol–water partition coefficient (Wildman–Crippen LogP) is 2.07. The zero-order chi connectivity index (χ0) is 15.6. The van der Waals surface area contributed by atoms with Gasteiger partial charge in [-0.25, -0.2) is 4.79 Å². The Labute approximate surface area is 125 Å². The third-order valence-electron chi connectivity index (χ3n) is 2.95. The normalized spacial score (nSPS) is 15.1. The van der Waals surface area contributed by atoms with E-state index in [0.29, 0.717) is 0 Å². The van der Waals surface area contributed by atoms with Crippen molar-refractivity contribution in [2.75, 3.05) is 0 Å². The molecule has 1 aliphatic carbocycles. The van der Waals surface area contributed by atoms with Crippen LogP contribution < -0.4 is 5.32 Å². The van der Waals surface area contributed by atoms with Gasteiger partial charge in [-0.15, -0.1) is 0 Å². The number of nitrogens with zero attached hydrogens (tertiary/aromatic N) is 1. The SMILES string of the molecule is CC(OC(=O)c1ccc(Cl)cc1[N+](=O)[O-])C(=O)NC1CC1. The molecule has 1 amide bonds. The van der Waals surface area contributed by atoms with Crippen molar-refractivity contribution in [2.24, 2.45) is 0 Å². The summed E-state index contributed by atoms with van der Waals surface area (Å²) in [5.74, 6) is -1.35. The molecule has 7 nitrogen and oxygen atoms in total. The summed E-state index contributed by atoms with van der Waals surface area (Å²) in [5, 5.41) is 13.7. The molecule has 0 heterocycles. The van der Waals surface area contributed by atoms with Gasteiger partial charge in [0.2, 0.25) is 0 Å². The van der Waals surface area contributed by atoms with Crippen LogP contribution in [0.25, 0.3) is 0 Å². The molecule has 1 aromatic carbocycles. The number of carbonyl (C=O) groups excluding carboxylic acids is 2. The van der Waals surface area contributed by atoms with Crippen LogP contribution in [0.2, 0.25) is 5.02 Å². The van der Waals surface area contributed by atoms with Gasteiger partial charge in [0.05, 0.1) is 4.92 Å². The lowest BCUT2D eigenvalue weighted by atomic mass is 10.2. The van der Waals surface area contributed by atoms with Gasteiger partial charge in [0, 0.05) is 17.1 Å². The number of nitrogens with one attached hydrogen (secondary N) is 1. The fourth-order valence-electron chi connectivity index (χ4n) is 1.65. The van der Waals surface area contributed by atoms with Crippen LogP contribution in [0.5, 0.6) is 0 Å². The van der Waals surface area contributed by atoms with Gasteiger partial charge in [-0.05, 0) is 31.9 Å².